The van der Waals surface area contributed by atoms with E-state index in [9.17, 15) is 4.79 Å². The first-order chi connectivity index (χ1) is 13.4. The number of nitrogens with one attached hydrogen (secondary N) is 1. The molecule has 1 saturated heterocycles. The van der Waals surface area contributed by atoms with Crippen LogP contribution in [0.25, 0.3) is 6.08 Å². The molecule has 0 bridgehead atoms. The second-order valence-corrected chi connectivity index (χ2v) is 7.10. The fourth-order valence-electron chi connectivity index (χ4n) is 2.89. The standard InChI is InChI=1S/C21H21ClN2O3S/c1-4-24-20(25)18(23-21(24)28)11-14-5-8-19(26-3)15(10-14)12-27-16-6-7-17(22)13(2)9-16/h5-11H,4,12H2,1-3H3,(H,23,28)/b18-11+. The molecule has 0 spiro atoms. The van der Waals surface area contributed by atoms with Crippen molar-refractivity contribution in [2.24, 2.45) is 0 Å². The van der Waals surface area contributed by atoms with Gasteiger partial charge in [0.05, 0.1) is 7.11 Å². The highest BCUT2D eigenvalue weighted by Crippen LogP contribution is 2.26. The van der Waals surface area contributed by atoms with Crippen LogP contribution < -0.4 is 14.8 Å². The molecule has 0 aromatic heterocycles. The van der Waals surface area contributed by atoms with Gasteiger partial charge in [0.1, 0.15) is 23.8 Å². The number of rotatable bonds is 6. The van der Waals surface area contributed by atoms with E-state index < -0.39 is 0 Å². The summed E-state index contributed by atoms with van der Waals surface area (Å²) in [6, 6.07) is 11.2. The van der Waals surface area contributed by atoms with Crippen LogP contribution in [0.1, 0.15) is 23.6 Å². The smallest absolute Gasteiger partial charge is 0.276 e. The van der Waals surface area contributed by atoms with Gasteiger partial charge in [0.2, 0.25) is 0 Å². The number of hydrogen-bond acceptors (Lipinski definition) is 4. The molecule has 1 N–H and O–H groups in total. The van der Waals surface area contributed by atoms with Crippen LogP contribution in [-0.4, -0.2) is 29.6 Å². The molecule has 0 saturated carbocycles. The molecule has 5 nitrogen and oxygen atoms in total. The van der Waals surface area contributed by atoms with Crippen molar-refractivity contribution < 1.29 is 14.3 Å². The molecule has 3 rings (SSSR count). The summed E-state index contributed by atoms with van der Waals surface area (Å²) < 4.78 is 11.3. The highest BCUT2D eigenvalue weighted by atomic mass is 35.5. The van der Waals surface area contributed by atoms with Crippen LogP contribution in [0.5, 0.6) is 11.5 Å². The van der Waals surface area contributed by atoms with Crippen molar-refractivity contribution in [3.8, 4) is 11.5 Å². The largest absolute Gasteiger partial charge is 0.496 e. The van der Waals surface area contributed by atoms with Gasteiger partial charge in [-0.1, -0.05) is 17.7 Å². The number of carbonyl (C=O) groups excluding carboxylic acids is 1. The Labute approximate surface area is 174 Å². The van der Waals surface area contributed by atoms with Gasteiger partial charge < -0.3 is 14.8 Å². The van der Waals surface area contributed by atoms with Crippen LogP contribution >= 0.6 is 23.8 Å². The van der Waals surface area contributed by atoms with E-state index in [1.807, 2.05) is 50.2 Å². The summed E-state index contributed by atoms with van der Waals surface area (Å²) in [4.78, 5) is 13.9. The molecule has 1 aliphatic rings. The van der Waals surface area contributed by atoms with Crippen molar-refractivity contribution in [1.82, 2.24) is 10.2 Å². The first kappa shape index (κ1) is 20.2. The molecule has 146 valence electrons. The summed E-state index contributed by atoms with van der Waals surface area (Å²) in [7, 11) is 1.61. The minimum atomic E-state index is -0.127. The zero-order valence-electron chi connectivity index (χ0n) is 15.9. The molecule has 2 aromatic rings. The molecular weight excluding hydrogens is 396 g/mol. The van der Waals surface area contributed by atoms with Crippen molar-refractivity contribution in [2.75, 3.05) is 13.7 Å². The topological polar surface area (TPSA) is 50.8 Å². The monoisotopic (exact) mass is 416 g/mol. The second kappa shape index (κ2) is 8.63. The molecule has 1 aliphatic heterocycles. The Hall–Kier alpha value is -2.57. The van der Waals surface area contributed by atoms with Crippen LogP contribution in [0, 0.1) is 6.92 Å². The molecule has 7 heteroatoms. The fraction of sp³-hybridized carbons (Fsp3) is 0.238. The Kier molecular flexibility index (Phi) is 6.21. The van der Waals surface area contributed by atoms with E-state index in [1.165, 1.54) is 4.90 Å². The maximum Gasteiger partial charge on any atom is 0.276 e. The SMILES string of the molecule is CCN1C(=O)/C(=C\c2ccc(OC)c(COc3ccc(Cl)c(C)c3)c2)NC1=S. The summed E-state index contributed by atoms with van der Waals surface area (Å²) in [5, 5.41) is 4.09. The molecule has 0 unspecified atom stereocenters. The number of carbonyl (C=O) groups is 1. The second-order valence-electron chi connectivity index (χ2n) is 6.31. The molecule has 1 amide bonds. The Morgan fingerprint density at radius 3 is 2.68 bits per heavy atom. The van der Waals surface area contributed by atoms with Crippen molar-refractivity contribution in [1.29, 1.82) is 0 Å². The minimum absolute atomic E-state index is 0.127. The number of amides is 1. The van der Waals surface area contributed by atoms with Crippen LogP contribution in [-0.2, 0) is 11.4 Å². The molecule has 0 atom stereocenters. The van der Waals surface area contributed by atoms with Crippen molar-refractivity contribution in [3.05, 3.63) is 63.8 Å². The molecule has 1 fully saturated rings. The number of aryl methyl sites for hydroxylation is 1. The third-order valence-corrected chi connectivity index (χ3v) is 5.16. The number of likely N-dealkylation sites (N-methyl/N-ethyl adjacent to an activating group) is 1. The number of halogens is 1. The Bertz CT molecular complexity index is 959. The number of ether oxygens (including phenoxy) is 2. The van der Waals surface area contributed by atoms with Gasteiger partial charge in [-0.15, -0.1) is 0 Å². The molecular formula is C21H21ClN2O3S. The summed E-state index contributed by atoms with van der Waals surface area (Å²) in [5.41, 5.74) is 3.12. The summed E-state index contributed by atoms with van der Waals surface area (Å²) in [6.45, 7) is 4.67. The van der Waals surface area contributed by atoms with Gasteiger partial charge in [0, 0.05) is 17.1 Å². The molecule has 0 radical (unpaired) electrons. The lowest BCUT2D eigenvalue weighted by Crippen LogP contribution is -2.30. The van der Waals surface area contributed by atoms with Crippen molar-refractivity contribution in [3.63, 3.8) is 0 Å². The van der Waals surface area contributed by atoms with E-state index in [4.69, 9.17) is 33.3 Å². The Morgan fingerprint density at radius 1 is 1.25 bits per heavy atom. The van der Waals surface area contributed by atoms with Crippen LogP contribution in [0.2, 0.25) is 5.02 Å². The maximum atomic E-state index is 12.4. The number of methoxy groups -OCH3 is 1. The van der Waals surface area contributed by atoms with Crippen molar-refractivity contribution >= 4 is 40.9 Å². The zero-order chi connectivity index (χ0) is 20.3. The third kappa shape index (κ3) is 4.29. The number of nitrogens with zero attached hydrogens (tertiary/aromatic N) is 1. The summed E-state index contributed by atoms with van der Waals surface area (Å²) >= 11 is 11.3. The summed E-state index contributed by atoms with van der Waals surface area (Å²) in [5.74, 6) is 1.31. The lowest BCUT2D eigenvalue weighted by molar-refractivity contribution is -0.122. The average molecular weight is 417 g/mol. The van der Waals surface area contributed by atoms with E-state index in [-0.39, 0.29) is 5.91 Å². The normalized spacial score (nSPS) is 15.1. The van der Waals surface area contributed by atoms with Crippen LogP contribution in [0.3, 0.4) is 0 Å². The lowest BCUT2D eigenvalue weighted by Gasteiger charge is -2.12. The predicted molar refractivity (Wildman–Crippen MR) is 115 cm³/mol. The van der Waals surface area contributed by atoms with Gasteiger partial charge >= 0.3 is 0 Å². The van der Waals surface area contributed by atoms with E-state index >= 15 is 0 Å². The number of thiocarbonyl (C=S) groups is 1. The Balaban J connectivity index is 1.82. The van der Waals surface area contributed by atoms with Gasteiger partial charge in [-0.2, -0.15) is 0 Å². The van der Waals surface area contributed by atoms with E-state index in [0.29, 0.717) is 34.7 Å². The third-order valence-electron chi connectivity index (χ3n) is 4.42. The van der Waals surface area contributed by atoms with E-state index in [1.54, 1.807) is 13.2 Å². The number of benzene rings is 2. The van der Waals surface area contributed by atoms with Gasteiger partial charge in [0.25, 0.3) is 5.91 Å². The predicted octanol–water partition coefficient (Wildman–Crippen LogP) is 4.31. The molecule has 0 aliphatic carbocycles. The number of hydrogen-bond donors (Lipinski definition) is 1. The average Bonchev–Trinajstić information content (AvgIpc) is 2.95. The molecule has 1 heterocycles. The first-order valence-electron chi connectivity index (χ1n) is 8.83. The van der Waals surface area contributed by atoms with Crippen LogP contribution in [0.4, 0.5) is 0 Å². The zero-order valence-corrected chi connectivity index (χ0v) is 17.5. The van der Waals surface area contributed by atoms with Gasteiger partial charge in [0.15, 0.2) is 5.11 Å². The lowest BCUT2D eigenvalue weighted by atomic mass is 10.1. The van der Waals surface area contributed by atoms with E-state index in [2.05, 4.69) is 5.32 Å². The van der Waals surface area contributed by atoms with E-state index in [0.717, 1.165) is 22.4 Å². The maximum absolute atomic E-state index is 12.4. The van der Waals surface area contributed by atoms with Gasteiger partial charge in [-0.05, 0) is 73.6 Å². The minimum Gasteiger partial charge on any atom is -0.496 e. The molecule has 28 heavy (non-hydrogen) atoms. The fourth-order valence-corrected chi connectivity index (χ4v) is 3.33. The van der Waals surface area contributed by atoms with Crippen LogP contribution in [0.15, 0.2) is 42.1 Å². The van der Waals surface area contributed by atoms with Gasteiger partial charge in [-0.3, -0.25) is 9.69 Å². The molecule has 2 aromatic carbocycles. The summed E-state index contributed by atoms with van der Waals surface area (Å²) in [6.07, 6.45) is 1.78. The van der Waals surface area contributed by atoms with Gasteiger partial charge in [-0.25, -0.2) is 0 Å². The highest BCUT2D eigenvalue weighted by Gasteiger charge is 2.29. The van der Waals surface area contributed by atoms with Crippen molar-refractivity contribution in [2.45, 2.75) is 20.5 Å². The quantitative estimate of drug-likeness (QED) is 0.561. The first-order valence-corrected chi connectivity index (χ1v) is 9.62. The highest BCUT2D eigenvalue weighted by molar-refractivity contribution is 7.80. The Morgan fingerprint density at radius 2 is 2.04 bits per heavy atom.